The number of hydrogen-bond donors (Lipinski definition) is 2. The van der Waals surface area contributed by atoms with E-state index in [-0.39, 0.29) is 30.3 Å². The number of benzene rings is 1. The van der Waals surface area contributed by atoms with Gasteiger partial charge in [-0.25, -0.2) is 0 Å². The maximum absolute atomic E-state index is 12.2. The van der Waals surface area contributed by atoms with Crippen LogP contribution in [0.25, 0.3) is 0 Å². The zero-order chi connectivity index (χ0) is 14.4. The molecule has 21 heavy (non-hydrogen) atoms. The molecule has 2 rings (SSSR count). The van der Waals surface area contributed by atoms with Crippen molar-refractivity contribution < 1.29 is 9.53 Å². The van der Waals surface area contributed by atoms with E-state index in [0.717, 1.165) is 37.0 Å². The smallest absolute Gasteiger partial charge is 0.223 e. The molecule has 4 nitrogen and oxygen atoms in total. The van der Waals surface area contributed by atoms with E-state index in [2.05, 4.69) is 5.32 Å². The third-order valence-corrected chi connectivity index (χ3v) is 3.81. The molecular formula is C16H25ClN2O2. The van der Waals surface area contributed by atoms with E-state index in [0.29, 0.717) is 13.2 Å². The molecule has 1 saturated carbocycles. The molecule has 1 fully saturated rings. The molecule has 1 aliphatic rings. The van der Waals surface area contributed by atoms with Gasteiger partial charge in [-0.15, -0.1) is 12.4 Å². The quantitative estimate of drug-likeness (QED) is 0.878. The molecule has 1 amide bonds. The molecule has 5 heteroatoms. The number of carbonyl (C=O) groups excluding carboxylic acids is 1. The minimum Gasteiger partial charge on any atom is -0.494 e. The second-order valence-corrected chi connectivity index (χ2v) is 5.38. The summed E-state index contributed by atoms with van der Waals surface area (Å²) >= 11 is 0. The lowest BCUT2D eigenvalue weighted by atomic mass is 9.85. The number of nitrogens with two attached hydrogens (primary N) is 1. The number of nitrogens with one attached hydrogen (secondary N) is 1. The van der Waals surface area contributed by atoms with Crippen LogP contribution in [0.1, 0.15) is 38.2 Å². The first-order chi connectivity index (χ1) is 9.70. The highest BCUT2D eigenvalue weighted by molar-refractivity contribution is 5.85. The van der Waals surface area contributed by atoms with Crippen LogP contribution in [0.15, 0.2) is 24.3 Å². The Morgan fingerprint density at radius 1 is 1.38 bits per heavy atom. The summed E-state index contributed by atoms with van der Waals surface area (Å²) in [5, 5.41) is 3.01. The molecule has 0 bridgehead atoms. The van der Waals surface area contributed by atoms with Crippen LogP contribution in [0.4, 0.5) is 0 Å². The molecule has 3 N–H and O–H groups in total. The van der Waals surface area contributed by atoms with Gasteiger partial charge in [0.1, 0.15) is 5.75 Å². The van der Waals surface area contributed by atoms with Gasteiger partial charge in [-0.2, -0.15) is 0 Å². The fourth-order valence-electron chi connectivity index (χ4n) is 2.74. The van der Waals surface area contributed by atoms with Gasteiger partial charge in [-0.3, -0.25) is 4.79 Å². The Kier molecular flexibility index (Phi) is 7.54. The van der Waals surface area contributed by atoms with Gasteiger partial charge in [0.25, 0.3) is 0 Å². The molecule has 1 aromatic rings. The van der Waals surface area contributed by atoms with Crippen molar-refractivity contribution in [2.24, 2.45) is 11.7 Å². The van der Waals surface area contributed by atoms with Crippen LogP contribution in [-0.4, -0.2) is 18.6 Å². The van der Waals surface area contributed by atoms with Crippen molar-refractivity contribution in [1.29, 1.82) is 0 Å². The fourth-order valence-corrected chi connectivity index (χ4v) is 2.74. The average Bonchev–Trinajstić information content (AvgIpc) is 2.46. The standard InChI is InChI=1S/C16H24N2O2.ClH/c1-2-20-15-9-4-3-6-13(15)11-18-16(19)12-7-5-8-14(17)10-12;/h3-4,6,9,12,14H,2,5,7-8,10-11,17H2,1H3,(H,18,19);1H. The topological polar surface area (TPSA) is 64.3 Å². The predicted octanol–water partition coefficient (Wildman–Crippen LogP) is 2.64. The van der Waals surface area contributed by atoms with Gasteiger partial charge in [-0.05, 0) is 32.3 Å². The molecule has 1 aromatic carbocycles. The highest BCUT2D eigenvalue weighted by atomic mass is 35.5. The Morgan fingerprint density at radius 3 is 2.86 bits per heavy atom. The maximum atomic E-state index is 12.2. The molecule has 0 radical (unpaired) electrons. The maximum Gasteiger partial charge on any atom is 0.223 e. The predicted molar refractivity (Wildman–Crippen MR) is 86.6 cm³/mol. The van der Waals surface area contributed by atoms with Crippen LogP contribution in [0.3, 0.4) is 0 Å². The van der Waals surface area contributed by atoms with Gasteiger partial charge in [0, 0.05) is 24.1 Å². The summed E-state index contributed by atoms with van der Waals surface area (Å²) in [7, 11) is 0. The van der Waals surface area contributed by atoms with Gasteiger partial charge in [0.2, 0.25) is 5.91 Å². The molecule has 0 aliphatic heterocycles. The molecule has 2 atom stereocenters. The fraction of sp³-hybridized carbons (Fsp3) is 0.562. The second kappa shape index (κ2) is 8.90. The molecule has 1 aliphatic carbocycles. The highest BCUT2D eigenvalue weighted by Gasteiger charge is 2.25. The molecule has 0 aromatic heterocycles. The zero-order valence-corrected chi connectivity index (χ0v) is 13.3. The third-order valence-electron chi connectivity index (χ3n) is 3.81. The molecule has 0 heterocycles. The number of amides is 1. The van der Waals surface area contributed by atoms with Crippen LogP contribution < -0.4 is 15.8 Å². The molecule has 2 unspecified atom stereocenters. The first kappa shape index (κ1) is 17.8. The normalized spacial score (nSPS) is 21.2. The number of ether oxygens (including phenoxy) is 1. The Morgan fingerprint density at radius 2 is 2.14 bits per heavy atom. The minimum atomic E-state index is 0. The first-order valence-corrected chi connectivity index (χ1v) is 7.44. The summed E-state index contributed by atoms with van der Waals surface area (Å²) in [6, 6.07) is 7.99. The lowest BCUT2D eigenvalue weighted by Gasteiger charge is -2.25. The lowest BCUT2D eigenvalue weighted by molar-refractivity contribution is -0.126. The molecule has 0 spiro atoms. The Labute approximate surface area is 132 Å². The largest absolute Gasteiger partial charge is 0.494 e. The zero-order valence-electron chi connectivity index (χ0n) is 12.5. The summed E-state index contributed by atoms with van der Waals surface area (Å²) < 4.78 is 5.56. The number of hydrogen-bond acceptors (Lipinski definition) is 3. The number of para-hydroxylation sites is 1. The lowest BCUT2D eigenvalue weighted by Crippen LogP contribution is -2.37. The summed E-state index contributed by atoms with van der Waals surface area (Å²) in [6.45, 7) is 3.10. The van der Waals surface area contributed by atoms with Gasteiger partial charge in [-0.1, -0.05) is 24.6 Å². The minimum absolute atomic E-state index is 0. The van der Waals surface area contributed by atoms with Crippen LogP contribution in [-0.2, 0) is 11.3 Å². The van der Waals surface area contributed by atoms with Crippen molar-refractivity contribution in [2.75, 3.05) is 6.61 Å². The van der Waals surface area contributed by atoms with Crippen molar-refractivity contribution >= 4 is 18.3 Å². The van der Waals surface area contributed by atoms with Crippen molar-refractivity contribution in [3.8, 4) is 5.75 Å². The van der Waals surface area contributed by atoms with Gasteiger partial charge >= 0.3 is 0 Å². The van der Waals surface area contributed by atoms with Crippen molar-refractivity contribution in [2.45, 2.75) is 45.2 Å². The Balaban J connectivity index is 0.00000220. The van der Waals surface area contributed by atoms with Crippen LogP contribution in [0.5, 0.6) is 5.75 Å². The first-order valence-electron chi connectivity index (χ1n) is 7.44. The van der Waals surface area contributed by atoms with Crippen LogP contribution in [0, 0.1) is 5.92 Å². The van der Waals surface area contributed by atoms with E-state index in [9.17, 15) is 4.79 Å². The Bertz CT molecular complexity index is 454. The van der Waals surface area contributed by atoms with Crippen molar-refractivity contribution in [1.82, 2.24) is 5.32 Å². The molecule has 118 valence electrons. The highest BCUT2D eigenvalue weighted by Crippen LogP contribution is 2.24. The van der Waals surface area contributed by atoms with Crippen molar-refractivity contribution in [3.63, 3.8) is 0 Å². The van der Waals surface area contributed by atoms with Gasteiger partial charge in [0.15, 0.2) is 0 Å². The summed E-state index contributed by atoms with van der Waals surface area (Å²) in [5.41, 5.74) is 6.95. The van der Waals surface area contributed by atoms with Gasteiger partial charge < -0.3 is 15.8 Å². The molecule has 0 saturated heterocycles. The summed E-state index contributed by atoms with van der Waals surface area (Å²) in [6.07, 6.45) is 3.84. The van der Waals surface area contributed by atoms with E-state index in [1.807, 2.05) is 31.2 Å². The SMILES string of the molecule is CCOc1ccccc1CNC(=O)C1CCCC(N)C1.Cl. The number of halogens is 1. The number of rotatable bonds is 5. The number of carbonyl (C=O) groups is 1. The van der Waals surface area contributed by atoms with E-state index >= 15 is 0 Å². The second-order valence-electron chi connectivity index (χ2n) is 5.38. The molecular weight excluding hydrogens is 288 g/mol. The van der Waals surface area contributed by atoms with Crippen LogP contribution in [0.2, 0.25) is 0 Å². The summed E-state index contributed by atoms with van der Waals surface area (Å²) in [5.74, 6) is 1.03. The Hall–Kier alpha value is -1.26. The average molecular weight is 313 g/mol. The van der Waals surface area contributed by atoms with Crippen LogP contribution >= 0.6 is 12.4 Å². The van der Waals surface area contributed by atoms with E-state index in [4.69, 9.17) is 10.5 Å². The monoisotopic (exact) mass is 312 g/mol. The summed E-state index contributed by atoms with van der Waals surface area (Å²) in [4.78, 5) is 12.2. The van der Waals surface area contributed by atoms with Gasteiger partial charge in [0.05, 0.1) is 6.61 Å². The van der Waals surface area contributed by atoms with E-state index in [1.165, 1.54) is 0 Å². The van der Waals surface area contributed by atoms with E-state index in [1.54, 1.807) is 0 Å². The van der Waals surface area contributed by atoms with E-state index < -0.39 is 0 Å². The van der Waals surface area contributed by atoms with Crippen molar-refractivity contribution in [3.05, 3.63) is 29.8 Å². The third kappa shape index (κ3) is 5.21.